The molecule has 0 fully saturated rings. The summed E-state index contributed by atoms with van der Waals surface area (Å²) in [6, 6.07) is 23.8. The van der Waals surface area contributed by atoms with Crippen molar-refractivity contribution in [3.8, 4) is 11.5 Å². The molecule has 0 spiro atoms. The van der Waals surface area contributed by atoms with Crippen LogP contribution >= 0.6 is 23.1 Å². The highest BCUT2D eigenvalue weighted by atomic mass is 32.2. The predicted molar refractivity (Wildman–Crippen MR) is 122 cm³/mol. The smallest absolute Gasteiger partial charge is 0.228 e. The van der Waals surface area contributed by atoms with Crippen LogP contribution in [0.15, 0.2) is 103 Å². The van der Waals surface area contributed by atoms with Crippen molar-refractivity contribution < 1.29 is 12.8 Å². The second-order valence-electron chi connectivity index (χ2n) is 6.84. The third kappa shape index (κ3) is 3.89. The van der Waals surface area contributed by atoms with Gasteiger partial charge in [-0.2, -0.15) is 4.98 Å². The number of aryl methyl sites for hydroxylation is 1. The van der Waals surface area contributed by atoms with Gasteiger partial charge in [-0.1, -0.05) is 48.0 Å². The zero-order valence-electron chi connectivity index (χ0n) is 16.3. The monoisotopic (exact) mass is 464 g/mol. The van der Waals surface area contributed by atoms with Gasteiger partial charge in [-0.3, -0.25) is 0 Å². The van der Waals surface area contributed by atoms with E-state index in [9.17, 15) is 8.42 Å². The number of rotatable bonds is 5. The number of hydrogen-bond donors (Lipinski definition) is 0. The van der Waals surface area contributed by atoms with Crippen LogP contribution in [0.25, 0.3) is 21.7 Å². The van der Waals surface area contributed by atoms with Crippen LogP contribution in [-0.2, 0) is 9.84 Å². The first-order valence-electron chi connectivity index (χ1n) is 9.42. The molecular weight excluding hydrogens is 448 g/mol. The Balaban J connectivity index is 1.63. The molecule has 2 aromatic heterocycles. The summed E-state index contributed by atoms with van der Waals surface area (Å²) >= 11 is 2.66. The molecule has 0 atom stereocenters. The quantitative estimate of drug-likeness (QED) is 0.306. The average Bonchev–Trinajstić information content (AvgIpc) is 3.39. The normalized spacial score (nSPS) is 11.8. The van der Waals surface area contributed by atoms with Crippen molar-refractivity contribution in [1.82, 2.24) is 9.97 Å². The van der Waals surface area contributed by atoms with E-state index in [1.807, 2.05) is 61.5 Å². The SMILES string of the molecule is Cc1ccc(S(=O)(=O)c2nc(-c3ccccc3)oc2Sc2nc3ccccc3s2)cc1. The van der Waals surface area contributed by atoms with Crippen LogP contribution in [0.2, 0.25) is 0 Å². The van der Waals surface area contributed by atoms with Gasteiger partial charge in [0.1, 0.15) is 0 Å². The Bertz CT molecular complexity index is 1440. The minimum absolute atomic E-state index is 0.0977. The summed E-state index contributed by atoms with van der Waals surface area (Å²) < 4.78 is 34.5. The lowest BCUT2D eigenvalue weighted by molar-refractivity contribution is 0.470. The molecule has 154 valence electrons. The molecule has 0 aliphatic rings. The second kappa shape index (κ2) is 7.96. The summed E-state index contributed by atoms with van der Waals surface area (Å²) in [5.41, 5.74) is 2.55. The molecular formula is C23H16N2O3S3. The first-order valence-corrected chi connectivity index (χ1v) is 12.5. The third-order valence-corrected chi connectivity index (χ3v) is 8.49. The van der Waals surface area contributed by atoms with Gasteiger partial charge in [-0.25, -0.2) is 13.4 Å². The molecule has 5 aromatic rings. The molecule has 0 aliphatic heterocycles. The molecule has 0 radical (unpaired) electrons. The molecule has 31 heavy (non-hydrogen) atoms. The van der Waals surface area contributed by atoms with Gasteiger partial charge in [0.2, 0.25) is 25.8 Å². The first kappa shape index (κ1) is 20.0. The fraction of sp³-hybridized carbons (Fsp3) is 0.0435. The van der Waals surface area contributed by atoms with Crippen LogP contribution in [0.4, 0.5) is 0 Å². The molecule has 0 saturated heterocycles. The Hall–Kier alpha value is -2.94. The van der Waals surface area contributed by atoms with Gasteiger partial charge in [0.05, 0.1) is 15.1 Å². The van der Waals surface area contributed by atoms with Crippen LogP contribution in [0, 0.1) is 6.92 Å². The summed E-state index contributed by atoms with van der Waals surface area (Å²) in [6.45, 7) is 1.91. The Kier molecular flexibility index (Phi) is 5.13. The topological polar surface area (TPSA) is 73.1 Å². The lowest BCUT2D eigenvalue weighted by Gasteiger charge is -2.03. The van der Waals surface area contributed by atoms with Crippen molar-refractivity contribution in [3.63, 3.8) is 0 Å². The largest absolute Gasteiger partial charge is 0.428 e. The molecule has 0 bridgehead atoms. The van der Waals surface area contributed by atoms with E-state index in [-0.39, 0.29) is 20.9 Å². The molecule has 0 aliphatic carbocycles. The molecule has 5 rings (SSSR count). The maximum atomic E-state index is 13.4. The van der Waals surface area contributed by atoms with E-state index in [4.69, 9.17) is 4.42 Å². The van der Waals surface area contributed by atoms with Crippen molar-refractivity contribution in [1.29, 1.82) is 0 Å². The van der Waals surface area contributed by atoms with E-state index >= 15 is 0 Å². The summed E-state index contributed by atoms with van der Waals surface area (Å²) in [5.74, 6) is 0.259. The number of fused-ring (bicyclic) bond motifs is 1. The second-order valence-corrected chi connectivity index (χ2v) is 11.0. The van der Waals surface area contributed by atoms with Gasteiger partial charge >= 0.3 is 0 Å². The van der Waals surface area contributed by atoms with Gasteiger partial charge in [0.15, 0.2) is 4.34 Å². The summed E-state index contributed by atoms with van der Waals surface area (Å²) in [5, 5.41) is 0.109. The number of nitrogens with zero attached hydrogens (tertiary/aromatic N) is 2. The van der Waals surface area contributed by atoms with E-state index in [2.05, 4.69) is 9.97 Å². The molecule has 0 saturated carbocycles. The highest BCUT2D eigenvalue weighted by Gasteiger charge is 2.29. The van der Waals surface area contributed by atoms with Crippen LogP contribution < -0.4 is 0 Å². The lowest BCUT2D eigenvalue weighted by Crippen LogP contribution is -2.04. The average molecular weight is 465 g/mol. The fourth-order valence-electron chi connectivity index (χ4n) is 3.03. The lowest BCUT2D eigenvalue weighted by atomic mass is 10.2. The highest BCUT2D eigenvalue weighted by Crippen LogP contribution is 2.40. The van der Waals surface area contributed by atoms with Gasteiger partial charge in [0.25, 0.3) is 0 Å². The molecule has 0 unspecified atom stereocenters. The number of sulfone groups is 1. The van der Waals surface area contributed by atoms with E-state index in [0.717, 1.165) is 15.8 Å². The van der Waals surface area contributed by atoms with Crippen molar-refractivity contribution >= 4 is 43.2 Å². The van der Waals surface area contributed by atoms with Gasteiger partial charge in [-0.15, -0.1) is 11.3 Å². The minimum Gasteiger partial charge on any atom is -0.428 e. The number of aromatic nitrogens is 2. The van der Waals surface area contributed by atoms with E-state index in [1.165, 1.54) is 23.1 Å². The van der Waals surface area contributed by atoms with Crippen LogP contribution in [0.3, 0.4) is 0 Å². The highest BCUT2D eigenvalue weighted by molar-refractivity contribution is 8.01. The maximum Gasteiger partial charge on any atom is 0.228 e. The summed E-state index contributed by atoms with van der Waals surface area (Å²) in [7, 11) is -3.87. The van der Waals surface area contributed by atoms with Crippen LogP contribution in [-0.4, -0.2) is 18.4 Å². The Morgan fingerprint density at radius 3 is 2.32 bits per heavy atom. The van der Waals surface area contributed by atoms with Crippen molar-refractivity contribution in [2.75, 3.05) is 0 Å². The van der Waals surface area contributed by atoms with Crippen LogP contribution in [0.1, 0.15) is 5.56 Å². The van der Waals surface area contributed by atoms with E-state index in [0.29, 0.717) is 9.90 Å². The standard InChI is InChI=1S/C23H16N2O3S3/c1-15-11-13-17(14-12-15)31(26,27)21-22(28-20(25-21)16-7-3-2-4-8-16)30-23-24-18-9-5-6-10-19(18)29-23/h2-14H,1H3. The predicted octanol–water partition coefficient (Wildman–Crippen LogP) is 6.24. The number of hydrogen-bond acceptors (Lipinski definition) is 7. The number of oxazole rings is 1. The first-order chi connectivity index (χ1) is 15.0. The molecule has 2 heterocycles. The van der Waals surface area contributed by atoms with Gasteiger partial charge in [-0.05, 0) is 55.1 Å². The molecule has 0 amide bonds. The maximum absolute atomic E-state index is 13.4. The number of para-hydroxylation sites is 1. The Morgan fingerprint density at radius 2 is 1.58 bits per heavy atom. The molecule has 5 nitrogen and oxygen atoms in total. The molecule has 3 aromatic carbocycles. The zero-order chi connectivity index (χ0) is 21.4. The molecule has 0 N–H and O–H groups in total. The van der Waals surface area contributed by atoms with Gasteiger partial charge in [0, 0.05) is 5.56 Å². The van der Waals surface area contributed by atoms with Crippen molar-refractivity contribution in [2.45, 2.75) is 26.3 Å². The van der Waals surface area contributed by atoms with Crippen molar-refractivity contribution in [3.05, 3.63) is 84.4 Å². The van der Waals surface area contributed by atoms with Crippen LogP contribution in [0.5, 0.6) is 0 Å². The van der Waals surface area contributed by atoms with E-state index in [1.54, 1.807) is 24.3 Å². The Morgan fingerprint density at radius 1 is 0.871 bits per heavy atom. The van der Waals surface area contributed by atoms with E-state index < -0.39 is 9.84 Å². The minimum atomic E-state index is -3.87. The van der Waals surface area contributed by atoms with Crippen molar-refractivity contribution in [2.24, 2.45) is 0 Å². The Labute approximate surface area is 187 Å². The zero-order valence-corrected chi connectivity index (χ0v) is 18.8. The third-order valence-electron chi connectivity index (χ3n) is 4.63. The summed E-state index contributed by atoms with van der Waals surface area (Å²) in [4.78, 5) is 9.18. The molecule has 8 heteroatoms. The number of benzene rings is 3. The number of thiazole rings is 1. The summed E-state index contributed by atoms with van der Waals surface area (Å²) in [6.07, 6.45) is 0. The van der Waals surface area contributed by atoms with Gasteiger partial charge < -0.3 is 4.42 Å². The fourth-order valence-corrected chi connectivity index (χ4v) is 6.59.